The van der Waals surface area contributed by atoms with Gasteiger partial charge in [0.1, 0.15) is 0 Å². The minimum absolute atomic E-state index is 0. The van der Waals surface area contributed by atoms with E-state index in [0.29, 0.717) is 24.2 Å². The lowest BCUT2D eigenvalue weighted by atomic mass is 9.85. The third-order valence-electron chi connectivity index (χ3n) is 5.69. The number of hydrogen-bond donors (Lipinski definition) is 1. The number of halogens is 1. The van der Waals surface area contributed by atoms with Gasteiger partial charge in [0, 0.05) is 19.5 Å². The van der Waals surface area contributed by atoms with Crippen molar-refractivity contribution in [2.45, 2.75) is 46.5 Å². The lowest BCUT2D eigenvalue weighted by Crippen LogP contribution is -2.39. The van der Waals surface area contributed by atoms with Gasteiger partial charge in [0.2, 0.25) is 5.91 Å². The molecule has 5 nitrogen and oxygen atoms in total. The van der Waals surface area contributed by atoms with Gasteiger partial charge in [-0.2, -0.15) is 0 Å². The zero-order chi connectivity index (χ0) is 20.5. The summed E-state index contributed by atoms with van der Waals surface area (Å²) >= 11 is 0. The number of piperidine rings is 1. The molecule has 1 aromatic rings. The summed E-state index contributed by atoms with van der Waals surface area (Å²) in [6, 6.07) is 5.99. The zero-order valence-corrected chi connectivity index (χ0v) is 19.5. The lowest BCUT2D eigenvalue weighted by Gasteiger charge is -2.31. The van der Waals surface area contributed by atoms with E-state index >= 15 is 0 Å². The van der Waals surface area contributed by atoms with Crippen molar-refractivity contribution in [3.63, 3.8) is 0 Å². The first kappa shape index (κ1) is 25.6. The normalized spacial score (nSPS) is 17.4. The predicted octanol–water partition coefficient (Wildman–Crippen LogP) is 4.18. The second kappa shape index (κ2) is 13.0. The maximum Gasteiger partial charge on any atom is 0.222 e. The molecular formula is C23H39ClN2O3. The summed E-state index contributed by atoms with van der Waals surface area (Å²) in [6.45, 7) is 10.3. The second-order valence-electron chi connectivity index (χ2n) is 8.46. The highest BCUT2D eigenvalue weighted by Crippen LogP contribution is 2.28. The molecule has 0 aliphatic carbocycles. The molecule has 6 heteroatoms. The summed E-state index contributed by atoms with van der Waals surface area (Å²) in [5.74, 6) is 3.25. The molecule has 0 aromatic heterocycles. The summed E-state index contributed by atoms with van der Waals surface area (Å²) in [4.78, 5) is 15.1. The molecular weight excluding hydrogens is 388 g/mol. The highest BCUT2D eigenvalue weighted by molar-refractivity contribution is 5.85. The number of benzene rings is 1. The minimum Gasteiger partial charge on any atom is -0.493 e. The largest absolute Gasteiger partial charge is 0.493 e. The van der Waals surface area contributed by atoms with Crippen LogP contribution in [0.25, 0.3) is 0 Å². The second-order valence-corrected chi connectivity index (χ2v) is 8.46. The van der Waals surface area contributed by atoms with E-state index in [1.54, 1.807) is 14.2 Å². The van der Waals surface area contributed by atoms with Crippen LogP contribution in [0.15, 0.2) is 18.2 Å². The number of amides is 1. The van der Waals surface area contributed by atoms with Crippen molar-refractivity contribution in [2.24, 2.45) is 17.8 Å². The fraction of sp³-hybridized carbons (Fsp3) is 0.696. The minimum atomic E-state index is 0. The first-order valence-corrected chi connectivity index (χ1v) is 10.6. The molecule has 1 aliphatic rings. The molecule has 1 aromatic carbocycles. The topological polar surface area (TPSA) is 50.8 Å². The first-order chi connectivity index (χ1) is 13.4. The number of methoxy groups -OCH3 is 2. The molecule has 0 spiro atoms. The molecule has 166 valence electrons. The molecule has 0 bridgehead atoms. The van der Waals surface area contributed by atoms with Crippen molar-refractivity contribution in [1.29, 1.82) is 0 Å². The van der Waals surface area contributed by atoms with Gasteiger partial charge in [0.25, 0.3) is 0 Å². The molecule has 0 saturated carbocycles. The van der Waals surface area contributed by atoms with E-state index in [4.69, 9.17) is 9.47 Å². The van der Waals surface area contributed by atoms with Gasteiger partial charge in [-0.25, -0.2) is 0 Å². The van der Waals surface area contributed by atoms with E-state index in [2.05, 4.69) is 32.2 Å². The van der Waals surface area contributed by atoms with Crippen LogP contribution in [0.1, 0.15) is 45.6 Å². The molecule has 1 amide bonds. The van der Waals surface area contributed by atoms with Gasteiger partial charge in [-0.1, -0.05) is 26.8 Å². The maximum atomic E-state index is 13.0. The number of nitrogens with zero attached hydrogens (tertiary/aromatic N) is 1. The zero-order valence-electron chi connectivity index (χ0n) is 18.7. The van der Waals surface area contributed by atoms with Crippen molar-refractivity contribution in [1.82, 2.24) is 10.2 Å². The summed E-state index contributed by atoms with van der Waals surface area (Å²) in [5, 5.41) is 3.47. The van der Waals surface area contributed by atoms with Gasteiger partial charge in [0.15, 0.2) is 11.5 Å². The van der Waals surface area contributed by atoms with Crippen LogP contribution in [0.2, 0.25) is 0 Å². The van der Waals surface area contributed by atoms with Crippen molar-refractivity contribution in [2.75, 3.05) is 40.4 Å². The maximum absolute atomic E-state index is 13.0. The van der Waals surface area contributed by atoms with Crippen LogP contribution in [0.3, 0.4) is 0 Å². The Morgan fingerprint density at radius 3 is 2.52 bits per heavy atom. The molecule has 0 radical (unpaired) electrons. The monoisotopic (exact) mass is 426 g/mol. The number of hydrogen-bond acceptors (Lipinski definition) is 4. The molecule has 1 N–H and O–H groups in total. The molecule has 2 unspecified atom stereocenters. The van der Waals surface area contributed by atoms with Crippen LogP contribution in [0, 0.1) is 17.8 Å². The Morgan fingerprint density at radius 1 is 1.21 bits per heavy atom. The lowest BCUT2D eigenvalue weighted by molar-refractivity contribution is -0.133. The van der Waals surface area contributed by atoms with Gasteiger partial charge in [-0.05, 0) is 67.8 Å². The van der Waals surface area contributed by atoms with E-state index in [1.807, 2.05) is 17.0 Å². The standard InChI is InChI=1S/C23H38N2O3.ClH/c1-17(2)16-25(23(26)13-18(3)20-7-6-11-24-15-20)12-10-19-8-9-21(27-4)22(14-19)28-5;/h8-9,14,17-18,20,24H,6-7,10-13,15-16H2,1-5H3;1H. The number of nitrogens with one attached hydrogen (secondary N) is 1. The Balaban J connectivity index is 0.00000420. The van der Waals surface area contributed by atoms with Crippen LogP contribution in [-0.2, 0) is 11.2 Å². The van der Waals surface area contributed by atoms with Crippen molar-refractivity contribution < 1.29 is 14.3 Å². The Labute approximate surface area is 182 Å². The van der Waals surface area contributed by atoms with Crippen LogP contribution in [0.4, 0.5) is 0 Å². The fourth-order valence-electron chi connectivity index (χ4n) is 3.99. The Hall–Kier alpha value is -1.46. The Morgan fingerprint density at radius 2 is 1.93 bits per heavy atom. The van der Waals surface area contributed by atoms with Gasteiger partial charge in [-0.15, -0.1) is 12.4 Å². The number of ether oxygens (including phenoxy) is 2. The first-order valence-electron chi connectivity index (χ1n) is 10.6. The van der Waals surface area contributed by atoms with Crippen LogP contribution in [0.5, 0.6) is 11.5 Å². The van der Waals surface area contributed by atoms with Crippen molar-refractivity contribution in [3.05, 3.63) is 23.8 Å². The quantitative estimate of drug-likeness (QED) is 0.609. The number of carbonyl (C=O) groups excluding carboxylic acids is 1. The molecule has 1 fully saturated rings. The predicted molar refractivity (Wildman–Crippen MR) is 121 cm³/mol. The van der Waals surface area contributed by atoms with Gasteiger partial charge in [-0.3, -0.25) is 4.79 Å². The average molecular weight is 427 g/mol. The van der Waals surface area contributed by atoms with Crippen molar-refractivity contribution >= 4 is 18.3 Å². The highest BCUT2D eigenvalue weighted by Gasteiger charge is 2.24. The third kappa shape index (κ3) is 8.06. The molecule has 1 saturated heterocycles. The molecule has 1 aliphatic heterocycles. The molecule has 29 heavy (non-hydrogen) atoms. The Bertz CT molecular complexity index is 618. The molecule has 2 atom stereocenters. The number of carbonyl (C=O) groups is 1. The van der Waals surface area contributed by atoms with Gasteiger partial charge in [0.05, 0.1) is 14.2 Å². The van der Waals surface area contributed by atoms with E-state index in [9.17, 15) is 4.79 Å². The summed E-state index contributed by atoms with van der Waals surface area (Å²) in [5.41, 5.74) is 1.16. The smallest absolute Gasteiger partial charge is 0.222 e. The average Bonchev–Trinajstić information content (AvgIpc) is 2.71. The van der Waals surface area contributed by atoms with Crippen LogP contribution in [-0.4, -0.2) is 51.2 Å². The van der Waals surface area contributed by atoms with Crippen molar-refractivity contribution in [3.8, 4) is 11.5 Å². The van der Waals surface area contributed by atoms with E-state index in [1.165, 1.54) is 12.8 Å². The summed E-state index contributed by atoms with van der Waals surface area (Å²) in [7, 11) is 3.29. The van der Waals surface area contributed by atoms with E-state index in [-0.39, 0.29) is 18.3 Å². The molecule has 2 rings (SSSR count). The number of rotatable bonds is 10. The highest BCUT2D eigenvalue weighted by atomic mass is 35.5. The van der Waals surface area contributed by atoms with E-state index in [0.717, 1.165) is 49.7 Å². The SMILES string of the molecule is COc1ccc(CCN(CC(C)C)C(=O)CC(C)C2CCCNC2)cc1OC.Cl. The van der Waals surface area contributed by atoms with Gasteiger partial charge < -0.3 is 19.7 Å². The fourth-order valence-corrected chi connectivity index (χ4v) is 3.99. The summed E-state index contributed by atoms with van der Waals surface area (Å²) in [6.07, 6.45) is 3.92. The molecule has 1 heterocycles. The van der Waals surface area contributed by atoms with E-state index < -0.39 is 0 Å². The van der Waals surface area contributed by atoms with Gasteiger partial charge >= 0.3 is 0 Å². The summed E-state index contributed by atoms with van der Waals surface area (Å²) < 4.78 is 10.7. The Kier molecular flexibility index (Phi) is 11.4. The third-order valence-corrected chi connectivity index (χ3v) is 5.69. The van der Waals surface area contributed by atoms with Crippen LogP contribution >= 0.6 is 12.4 Å². The van der Waals surface area contributed by atoms with Crippen LogP contribution < -0.4 is 14.8 Å².